The third-order valence-corrected chi connectivity index (χ3v) is 3.97. The monoisotopic (exact) mass is 324 g/mol. The third-order valence-electron chi connectivity index (χ3n) is 3.72. The van der Waals surface area contributed by atoms with Crippen molar-refractivity contribution in [2.45, 2.75) is 31.8 Å². The van der Waals surface area contributed by atoms with E-state index in [1.165, 1.54) is 0 Å². The Kier molecular flexibility index (Phi) is 6.21. The first-order chi connectivity index (χ1) is 10.6. The number of rotatable bonds is 7. The number of hydrogen-bond donors (Lipinski definition) is 1. The summed E-state index contributed by atoms with van der Waals surface area (Å²) in [6.45, 7) is 1.61. The first-order valence-electron chi connectivity index (χ1n) is 7.42. The van der Waals surface area contributed by atoms with Gasteiger partial charge in [-0.15, -0.1) is 0 Å². The lowest BCUT2D eigenvalue weighted by Crippen LogP contribution is -2.44. The maximum atomic E-state index is 12.2. The van der Waals surface area contributed by atoms with E-state index < -0.39 is 0 Å². The molecule has 1 N–H and O–H groups in total. The highest BCUT2D eigenvalue weighted by Crippen LogP contribution is 2.22. The van der Waals surface area contributed by atoms with Crippen LogP contribution < -0.4 is 5.32 Å². The number of carbonyl (C=O) groups excluding carboxylic acids is 2. The Morgan fingerprint density at radius 1 is 1.41 bits per heavy atom. The average molecular weight is 325 g/mol. The predicted octanol–water partition coefficient (Wildman–Crippen LogP) is 1.98. The summed E-state index contributed by atoms with van der Waals surface area (Å²) in [7, 11) is 1.63. The van der Waals surface area contributed by atoms with E-state index in [2.05, 4.69) is 5.32 Å². The minimum atomic E-state index is -0.384. The Hall–Kier alpha value is -1.59. The van der Waals surface area contributed by atoms with Gasteiger partial charge < -0.3 is 15.0 Å². The van der Waals surface area contributed by atoms with Crippen molar-refractivity contribution < 1.29 is 14.3 Å². The number of nitrogens with zero attached hydrogens (tertiary/aromatic N) is 1. The molecule has 0 spiro atoms. The van der Waals surface area contributed by atoms with E-state index in [9.17, 15) is 9.59 Å². The van der Waals surface area contributed by atoms with Crippen LogP contribution >= 0.6 is 11.6 Å². The van der Waals surface area contributed by atoms with Crippen LogP contribution in [0.5, 0.6) is 0 Å². The van der Waals surface area contributed by atoms with E-state index in [1.807, 2.05) is 12.1 Å². The van der Waals surface area contributed by atoms with Crippen LogP contribution in [0.15, 0.2) is 24.3 Å². The standard InChI is InChI=1S/C16H21ClN2O3/c1-22-10-2-9-18-16(21)14-7-8-15(20)19(14)11-12-3-5-13(17)6-4-12/h3-6,14H,2,7-11H2,1H3,(H,18,21). The largest absolute Gasteiger partial charge is 0.385 e. The molecule has 1 atom stereocenters. The van der Waals surface area contributed by atoms with Gasteiger partial charge in [-0.05, 0) is 30.5 Å². The summed E-state index contributed by atoms with van der Waals surface area (Å²) in [5, 5.41) is 3.53. The number of halogens is 1. The molecule has 2 amide bonds. The second kappa shape index (κ2) is 8.15. The Bertz CT molecular complexity index is 519. The van der Waals surface area contributed by atoms with Crippen LogP contribution in [0.25, 0.3) is 0 Å². The Balaban J connectivity index is 1.93. The molecule has 1 saturated heterocycles. The predicted molar refractivity (Wildman–Crippen MR) is 84.5 cm³/mol. The van der Waals surface area contributed by atoms with Gasteiger partial charge in [-0.1, -0.05) is 23.7 Å². The SMILES string of the molecule is COCCCNC(=O)C1CCC(=O)N1Cc1ccc(Cl)cc1. The minimum absolute atomic E-state index is 0.0204. The van der Waals surface area contributed by atoms with Gasteiger partial charge >= 0.3 is 0 Å². The molecule has 0 aromatic heterocycles. The van der Waals surface area contributed by atoms with Gasteiger partial charge in [0.1, 0.15) is 6.04 Å². The summed E-state index contributed by atoms with van der Waals surface area (Å²) in [6, 6.07) is 6.95. The molecule has 1 aliphatic rings. The average Bonchev–Trinajstić information content (AvgIpc) is 2.87. The summed E-state index contributed by atoms with van der Waals surface area (Å²) in [4.78, 5) is 25.9. The highest BCUT2D eigenvalue weighted by molar-refractivity contribution is 6.30. The molecule has 22 heavy (non-hydrogen) atoms. The zero-order valence-corrected chi connectivity index (χ0v) is 13.4. The van der Waals surface area contributed by atoms with E-state index in [-0.39, 0.29) is 17.9 Å². The van der Waals surface area contributed by atoms with Crippen molar-refractivity contribution in [2.75, 3.05) is 20.3 Å². The van der Waals surface area contributed by atoms with Crippen molar-refractivity contribution in [3.8, 4) is 0 Å². The molecule has 1 aliphatic heterocycles. The van der Waals surface area contributed by atoms with E-state index in [1.54, 1.807) is 24.1 Å². The smallest absolute Gasteiger partial charge is 0.242 e. The summed E-state index contributed by atoms with van der Waals surface area (Å²) < 4.78 is 4.95. The second-order valence-corrected chi connectivity index (χ2v) is 5.78. The van der Waals surface area contributed by atoms with Gasteiger partial charge in [0.05, 0.1) is 0 Å². The topological polar surface area (TPSA) is 58.6 Å². The molecule has 0 aliphatic carbocycles. The molecule has 1 heterocycles. The Labute approximate surface area is 135 Å². The van der Waals surface area contributed by atoms with Gasteiger partial charge in [-0.25, -0.2) is 0 Å². The van der Waals surface area contributed by atoms with E-state index >= 15 is 0 Å². The quantitative estimate of drug-likeness (QED) is 0.780. The highest BCUT2D eigenvalue weighted by Gasteiger charge is 2.35. The zero-order valence-electron chi connectivity index (χ0n) is 12.7. The highest BCUT2D eigenvalue weighted by atomic mass is 35.5. The van der Waals surface area contributed by atoms with Crippen molar-refractivity contribution in [1.29, 1.82) is 0 Å². The van der Waals surface area contributed by atoms with Gasteiger partial charge in [-0.3, -0.25) is 9.59 Å². The molecule has 6 heteroatoms. The van der Waals surface area contributed by atoms with E-state index in [0.717, 1.165) is 12.0 Å². The molecule has 120 valence electrons. The molecule has 1 aromatic rings. The van der Waals surface area contributed by atoms with Gasteiger partial charge in [0, 0.05) is 38.2 Å². The number of methoxy groups -OCH3 is 1. The summed E-state index contributed by atoms with van der Waals surface area (Å²) in [5.74, 6) is -0.0668. The Morgan fingerprint density at radius 2 is 2.14 bits per heavy atom. The fourth-order valence-electron chi connectivity index (χ4n) is 2.54. The van der Waals surface area contributed by atoms with Crippen molar-refractivity contribution in [3.05, 3.63) is 34.9 Å². The minimum Gasteiger partial charge on any atom is -0.385 e. The lowest BCUT2D eigenvalue weighted by molar-refractivity contribution is -0.135. The van der Waals surface area contributed by atoms with Crippen LogP contribution in [0.1, 0.15) is 24.8 Å². The number of ether oxygens (including phenoxy) is 1. The third kappa shape index (κ3) is 4.45. The van der Waals surface area contributed by atoms with Crippen LogP contribution in [0.2, 0.25) is 5.02 Å². The normalized spacial score (nSPS) is 17.8. The van der Waals surface area contributed by atoms with Crippen molar-refractivity contribution in [2.24, 2.45) is 0 Å². The summed E-state index contributed by atoms with van der Waals surface area (Å²) in [5.41, 5.74) is 0.969. The molecule has 5 nitrogen and oxygen atoms in total. The van der Waals surface area contributed by atoms with Crippen LogP contribution in [-0.4, -0.2) is 43.0 Å². The second-order valence-electron chi connectivity index (χ2n) is 5.34. The molecule has 0 bridgehead atoms. The number of likely N-dealkylation sites (tertiary alicyclic amines) is 1. The fraction of sp³-hybridized carbons (Fsp3) is 0.500. The van der Waals surface area contributed by atoms with Gasteiger partial charge in [-0.2, -0.15) is 0 Å². The fourth-order valence-corrected chi connectivity index (χ4v) is 2.66. The molecular weight excluding hydrogens is 304 g/mol. The maximum absolute atomic E-state index is 12.2. The number of carbonyl (C=O) groups is 2. The van der Waals surface area contributed by atoms with Crippen LogP contribution in [0, 0.1) is 0 Å². The number of hydrogen-bond acceptors (Lipinski definition) is 3. The van der Waals surface area contributed by atoms with E-state index in [4.69, 9.17) is 16.3 Å². The first-order valence-corrected chi connectivity index (χ1v) is 7.80. The number of nitrogens with one attached hydrogen (secondary N) is 1. The zero-order chi connectivity index (χ0) is 15.9. The summed E-state index contributed by atoms with van der Waals surface area (Å²) >= 11 is 5.86. The molecule has 1 aromatic carbocycles. The van der Waals surface area contributed by atoms with Crippen LogP contribution in [0.3, 0.4) is 0 Å². The van der Waals surface area contributed by atoms with Crippen molar-refractivity contribution in [1.82, 2.24) is 10.2 Å². The van der Waals surface area contributed by atoms with Gasteiger partial charge in [0.25, 0.3) is 0 Å². The molecule has 0 saturated carbocycles. The molecule has 0 radical (unpaired) electrons. The molecule has 2 rings (SSSR count). The molecular formula is C16H21ClN2O3. The number of amides is 2. The molecule has 1 fully saturated rings. The van der Waals surface area contributed by atoms with E-state index in [0.29, 0.717) is 37.6 Å². The lowest BCUT2D eigenvalue weighted by atomic mass is 10.1. The first kappa shape index (κ1) is 16.8. The van der Waals surface area contributed by atoms with Gasteiger partial charge in [0.2, 0.25) is 11.8 Å². The van der Waals surface area contributed by atoms with Crippen molar-refractivity contribution >= 4 is 23.4 Å². The van der Waals surface area contributed by atoms with Gasteiger partial charge in [0.15, 0.2) is 0 Å². The number of benzene rings is 1. The maximum Gasteiger partial charge on any atom is 0.242 e. The molecule has 1 unspecified atom stereocenters. The van der Waals surface area contributed by atoms with Crippen LogP contribution in [0.4, 0.5) is 0 Å². The Morgan fingerprint density at radius 3 is 2.82 bits per heavy atom. The van der Waals surface area contributed by atoms with Crippen molar-refractivity contribution in [3.63, 3.8) is 0 Å². The van der Waals surface area contributed by atoms with Crippen LogP contribution in [-0.2, 0) is 20.9 Å². The summed E-state index contributed by atoms with van der Waals surface area (Å²) in [6.07, 6.45) is 1.76. The lowest BCUT2D eigenvalue weighted by Gasteiger charge is -2.24.